The van der Waals surface area contributed by atoms with E-state index >= 15 is 0 Å². The Kier molecular flexibility index (Phi) is 1.37. The molecule has 2 nitrogen and oxygen atoms in total. The van der Waals surface area contributed by atoms with Gasteiger partial charge in [0.05, 0.1) is 11.7 Å². The average Bonchev–Trinajstić information content (AvgIpc) is 2.44. The van der Waals surface area contributed by atoms with Gasteiger partial charge in [-0.15, -0.1) is 0 Å². The molecule has 4 rings (SSSR count). The molecule has 3 aliphatic carbocycles. The summed E-state index contributed by atoms with van der Waals surface area (Å²) in [7, 11) is 1.56. The monoisotopic (exact) mass is 179 g/mol. The number of rotatable bonds is 0. The van der Waals surface area contributed by atoms with Crippen molar-refractivity contribution >= 4 is 7.69 Å². The third-order valence-corrected chi connectivity index (χ3v) is 4.82. The van der Waals surface area contributed by atoms with Crippen molar-refractivity contribution in [1.29, 1.82) is 0 Å². The molecule has 1 heterocycles. The van der Waals surface area contributed by atoms with Crippen molar-refractivity contribution in [1.82, 2.24) is 0 Å². The van der Waals surface area contributed by atoms with E-state index in [0.29, 0.717) is 17.4 Å². The van der Waals surface area contributed by atoms with Gasteiger partial charge < -0.3 is 9.31 Å². The Labute approximate surface area is 80.3 Å². The summed E-state index contributed by atoms with van der Waals surface area (Å²) in [6.45, 7) is 6.95. The first-order chi connectivity index (χ1) is 6.05. The minimum absolute atomic E-state index is 0.0295. The van der Waals surface area contributed by atoms with Gasteiger partial charge in [0.25, 0.3) is 0 Å². The Balaban J connectivity index is 1.97. The lowest BCUT2D eigenvalue weighted by Gasteiger charge is -2.64. The summed E-state index contributed by atoms with van der Waals surface area (Å²) in [6.07, 6.45) is 2.83. The predicted octanol–water partition coefficient (Wildman–Crippen LogP) is 1.76. The molecule has 0 N–H and O–H groups in total. The Morgan fingerprint density at radius 3 is 2.69 bits per heavy atom. The van der Waals surface area contributed by atoms with Crippen LogP contribution in [-0.2, 0) is 9.31 Å². The van der Waals surface area contributed by atoms with Crippen LogP contribution in [0.1, 0.15) is 33.6 Å². The van der Waals surface area contributed by atoms with Gasteiger partial charge in [-0.05, 0) is 37.0 Å². The second-order valence-electron chi connectivity index (χ2n) is 5.56. The van der Waals surface area contributed by atoms with Crippen LogP contribution in [0.2, 0.25) is 0 Å². The van der Waals surface area contributed by atoms with Gasteiger partial charge in [0.1, 0.15) is 0 Å². The maximum absolute atomic E-state index is 5.68. The highest BCUT2D eigenvalue weighted by Gasteiger charge is 2.65. The molecule has 3 saturated carbocycles. The fourth-order valence-corrected chi connectivity index (χ4v) is 3.65. The molecular weight excluding hydrogens is 163 g/mol. The normalized spacial score (nSPS) is 56.4. The average molecular weight is 179 g/mol. The van der Waals surface area contributed by atoms with E-state index in [4.69, 9.17) is 9.31 Å². The van der Waals surface area contributed by atoms with Crippen molar-refractivity contribution < 1.29 is 9.31 Å². The Morgan fingerprint density at radius 1 is 1.23 bits per heavy atom. The van der Waals surface area contributed by atoms with Crippen LogP contribution in [-0.4, -0.2) is 19.4 Å². The zero-order valence-corrected chi connectivity index (χ0v) is 8.54. The first-order valence-electron chi connectivity index (χ1n) is 5.20. The topological polar surface area (TPSA) is 18.5 Å². The second-order valence-corrected chi connectivity index (χ2v) is 5.56. The van der Waals surface area contributed by atoms with E-state index in [2.05, 4.69) is 20.8 Å². The molecule has 3 heteroatoms. The molecule has 0 aromatic carbocycles. The van der Waals surface area contributed by atoms with Crippen molar-refractivity contribution in [3.63, 3.8) is 0 Å². The molecule has 0 spiro atoms. The van der Waals surface area contributed by atoms with Gasteiger partial charge in [-0.25, -0.2) is 0 Å². The molecule has 1 radical (unpaired) electrons. The molecule has 4 fully saturated rings. The van der Waals surface area contributed by atoms with Crippen LogP contribution in [0.4, 0.5) is 0 Å². The van der Waals surface area contributed by atoms with Gasteiger partial charge in [-0.2, -0.15) is 0 Å². The molecule has 0 aromatic heterocycles. The Bertz CT molecular complexity index is 253. The first kappa shape index (κ1) is 8.31. The summed E-state index contributed by atoms with van der Waals surface area (Å²) in [5.41, 5.74) is 0.436. The lowest BCUT2D eigenvalue weighted by molar-refractivity contribution is -0.199. The number of hydrogen-bond donors (Lipinski definition) is 0. The third kappa shape index (κ3) is 0.786. The fraction of sp³-hybridized carbons (Fsp3) is 1.00. The van der Waals surface area contributed by atoms with E-state index in [1.54, 1.807) is 7.69 Å². The molecule has 1 aliphatic heterocycles. The molecule has 2 bridgehead atoms. The van der Waals surface area contributed by atoms with Crippen LogP contribution >= 0.6 is 0 Å². The highest BCUT2D eigenvalue weighted by Crippen LogP contribution is 2.65. The summed E-state index contributed by atoms with van der Waals surface area (Å²) in [4.78, 5) is 0. The van der Waals surface area contributed by atoms with Crippen molar-refractivity contribution in [2.45, 2.75) is 45.3 Å². The van der Waals surface area contributed by atoms with E-state index in [0.717, 1.165) is 5.92 Å². The van der Waals surface area contributed by atoms with Crippen molar-refractivity contribution in [2.24, 2.45) is 17.3 Å². The molecule has 0 amide bonds. The summed E-state index contributed by atoms with van der Waals surface area (Å²) < 4.78 is 11.2. The van der Waals surface area contributed by atoms with E-state index in [-0.39, 0.29) is 5.60 Å². The largest absolute Gasteiger partial charge is 0.488 e. The van der Waals surface area contributed by atoms with Gasteiger partial charge in [-0.3, -0.25) is 0 Å². The van der Waals surface area contributed by atoms with Gasteiger partial charge in [0.15, 0.2) is 0 Å². The second kappa shape index (κ2) is 2.14. The molecular formula is C10H16BO2. The maximum atomic E-state index is 5.68. The Morgan fingerprint density at radius 2 is 2.00 bits per heavy atom. The van der Waals surface area contributed by atoms with Gasteiger partial charge >= 0.3 is 7.69 Å². The van der Waals surface area contributed by atoms with E-state index in [1.165, 1.54) is 12.8 Å². The lowest BCUT2D eigenvalue weighted by atomic mass is 9.43. The first-order valence-corrected chi connectivity index (χ1v) is 5.20. The van der Waals surface area contributed by atoms with Crippen LogP contribution in [0.25, 0.3) is 0 Å². The van der Waals surface area contributed by atoms with E-state index in [9.17, 15) is 0 Å². The third-order valence-electron chi connectivity index (χ3n) is 4.82. The standard InChI is InChI=1S/C10H16BO2/c1-9(2)6-4-7(9)10(3)8(5-6)12-11-13-10/h6-8H,4-5H2,1-3H3/t6?,7?,8?,10-/m0/s1. The molecule has 71 valence electrons. The molecule has 4 atom stereocenters. The zero-order chi connectivity index (χ0) is 9.27. The van der Waals surface area contributed by atoms with Gasteiger partial charge in [0, 0.05) is 0 Å². The lowest BCUT2D eigenvalue weighted by Crippen LogP contribution is -2.65. The minimum atomic E-state index is -0.0295. The van der Waals surface area contributed by atoms with Crippen LogP contribution in [0.5, 0.6) is 0 Å². The summed E-state index contributed by atoms with van der Waals surface area (Å²) >= 11 is 0. The summed E-state index contributed by atoms with van der Waals surface area (Å²) in [6, 6.07) is 0. The van der Waals surface area contributed by atoms with Gasteiger partial charge in [-0.1, -0.05) is 13.8 Å². The molecule has 4 aliphatic rings. The van der Waals surface area contributed by atoms with E-state index in [1.807, 2.05) is 0 Å². The van der Waals surface area contributed by atoms with E-state index < -0.39 is 0 Å². The highest BCUT2D eigenvalue weighted by atomic mass is 16.6. The van der Waals surface area contributed by atoms with Crippen LogP contribution < -0.4 is 0 Å². The number of hydrogen-bond acceptors (Lipinski definition) is 2. The smallest absolute Gasteiger partial charge is 0.407 e. The summed E-state index contributed by atoms with van der Waals surface area (Å²) in [5, 5.41) is 0. The predicted molar refractivity (Wildman–Crippen MR) is 50.1 cm³/mol. The molecule has 0 aromatic rings. The van der Waals surface area contributed by atoms with Crippen molar-refractivity contribution in [3.8, 4) is 0 Å². The Hall–Kier alpha value is -0.0151. The van der Waals surface area contributed by atoms with Crippen LogP contribution in [0, 0.1) is 17.3 Å². The van der Waals surface area contributed by atoms with Gasteiger partial charge in [0.2, 0.25) is 0 Å². The molecule has 3 unspecified atom stereocenters. The maximum Gasteiger partial charge on any atom is 0.488 e. The molecule has 1 saturated heterocycles. The van der Waals surface area contributed by atoms with Crippen molar-refractivity contribution in [2.75, 3.05) is 0 Å². The zero-order valence-electron chi connectivity index (χ0n) is 8.54. The SMILES string of the molecule is CC1(C)C2CC3O[B]O[C@@]3(C)C1C2. The van der Waals surface area contributed by atoms with Crippen LogP contribution in [0.15, 0.2) is 0 Å². The summed E-state index contributed by atoms with van der Waals surface area (Å²) in [5.74, 6) is 1.54. The highest BCUT2D eigenvalue weighted by molar-refractivity contribution is 6.19. The fourth-order valence-electron chi connectivity index (χ4n) is 3.65. The minimum Gasteiger partial charge on any atom is -0.407 e. The quantitative estimate of drug-likeness (QED) is 0.527. The van der Waals surface area contributed by atoms with Crippen LogP contribution in [0.3, 0.4) is 0 Å². The molecule has 13 heavy (non-hydrogen) atoms. The van der Waals surface area contributed by atoms with Crippen molar-refractivity contribution in [3.05, 3.63) is 0 Å².